The molecule has 5 heteroatoms. The van der Waals surface area contributed by atoms with Crippen LogP contribution in [0.15, 0.2) is 0 Å². The summed E-state index contributed by atoms with van der Waals surface area (Å²) in [5, 5.41) is 1.93. The molecule has 15 heavy (non-hydrogen) atoms. The zero-order chi connectivity index (χ0) is 10.4. The molecule has 0 saturated carbocycles. The van der Waals surface area contributed by atoms with E-state index in [-0.39, 0.29) is 24.0 Å². The second kappa shape index (κ2) is 3.43. The number of cyclic esters (lactones) is 1. The van der Waals surface area contributed by atoms with E-state index in [2.05, 4.69) is 0 Å². The van der Waals surface area contributed by atoms with E-state index in [1.54, 1.807) is 0 Å². The summed E-state index contributed by atoms with van der Waals surface area (Å²) in [4.78, 5) is 17.4. The normalized spacial score (nSPS) is 44.2. The van der Waals surface area contributed by atoms with Crippen LogP contribution in [-0.2, 0) is 19.1 Å². The Hall–Kier alpha value is -0.650. The minimum absolute atomic E-state index is 0.135. The van der Waals surface area contributed by atoms with Crippen LogP contribution in [0.2, 0.25) is 0 Å². The zero-order valence-electron chi connectivity index (χ0n) is 8.72. The number of fused-ring (bicyclic) bond motifs is 3. The van der Waals surface area contributed by atoms with E-state index in [1.165, 1.54) is 0 Å². The number of ether oxygens (including phenoxy) is 2. The fraction of sp³-hybridized carbons (Fsp3) is 0.900. The van der Waals surface area contributed by atoms with Crippen molar-refractivity contribution in [2.45, 2.75) is 38.2 Å². The molecular formula is C10H15NO4. The highest BCUT2D eigenvalue weighted by Crippen LogP contribution is 2.41. The molecule has 0 N–H and O–H groups in total. The molecular weight excluding hydrogens is 198 g/mol. The summed E-state index contributed by atoms with van der Waals surface area (Å²) in [6.07, 6.45) is 1.40. The maximum atomic E-state index is 11.7. The van der Waals surface area contributed by atoms with Crippen molar-refractivity contribution in [2.75, 3.05) is 13.2 Å². The third-order valence-corrected chi connectivity index (χ3v) is 3.38. The Balaban J connectivity index is 1.80. The van der Waals surface area contributed by atoms with Crippen molar-refractivity contribution in [3.8, 4) is 0 Å². The molecule has 0 spiro atoms. The van der Waals surface area contributed by atoms with Gasteiger partial charge >= 0.3 is 5.97 Å². The third-order valence-electron chi connectivity index (χ3n) is 3.38. The van der Waals surface area contributed by atoms with Gasteiger partial charge in [0, 0.05) is 13.2 Å². The van der Waals surface area contributed by atoms with Gasteiger partial charge in [-0.1, -0.05) is 0 Å². The average Bonchev–Trinajstić information content (AvgIpc) is 2.79. The van der Waals surface area contributed by atoms with Gasteiger partial charge < -0.3 is 9.47 Å². The predicted octanol–water partition coefficient (Wildman–Crippen LogP) is 0.300. The summed E-state index contributed by atoms with van der Waals surface area (Å²) in [6, 6.07) is 0.216. The molecule has 3 fully saturated rings. The maximum absolute atomic E-state index is 11.7. The van der Waals surface area contributed by atoms with Crippen LogP contribution >= 0.6 is 0 Å². The molecule has 3 aliphatic rings. The van der Waals surface area contributed by atoms with Crippen molar-refractivity contribution in [2.24, 2.45) is 5.92 Å². The molecule has 0 aliphatic carbocycles. The summed E-state index contributed by atoms with van der Waals surface area (Å²) in [6.45, 7) is 3.34. The molecule has 0 aromatic heterocycles. The Bertz CT molecular complexity index is 283. The van der Waals surface area contributed by atoms with Gasteiger partial charge in [-0.3, -0.25) is 9.63 Å². The fourth-order valence-electron chi connectivity index (χ4n) is 2.76. The minimum Gasteiger partial charge on any atom is -0.432 e. The van der Waals surface area contributed by atoms with Crippen molar-refractivity contribution in [1.29, 1.82) is 0 Å². The minimum atomic E-state index is -0.502. The van der Waals surface area contributed by atoms with Crippen LogP contribution in [0.4, 0.5) is 0 Å². The van der Waals surface area contributed by atoms with E-state index < -0.39 is 6.29 Å². The van der Waals surface area contributed by atoms with E-state index in [1.807, 2.05) is 12.0 Å². The van der Waals surface area contributed by atoms with Crippen LogP contribution in [-0.4, -0.2) is 42.6 Å². The molecule has 3 rings (SSSR count). The Kier molecular flexibility index (Phi) is 2.19. The standard InChI is InChI=1S/C10H15NO4/c1-2-13-10-8-7(9(12)14-10)6-4-3-5-11(6)15-8/h6-8,10H,2-5H2,1H3/t6-,7-,8+,10+/m0/s1. The lowest BCUT2D eigenvalue weighted by molar-refractivity contribution is -0.226. The smallest absolute Gasteiger partial charge is 0.316 e. The summed E-state index contributed by atoms with van der Waals surface area (Å²) in [7, 11) is 0. The van der Waals surface area contributed by atoms with E-state index in [9.17, 15) is 4.79 Å². The molecule has 3 heterocycles. The number of nitrogens with zero attached hydrogens (tertiary/aromatic N) is 1. The van der Waals surface area contributed by atoms with Gasteiger partial charge in [-0.05, 0) is 19.8 Å². The SMILES string of the molecule is CCO[C@@H]1OC(=O)[C@@H]2[C@H]1ON1CCC[C@@H]21. The molecule has 0 unspecified atom stereocenters. The monoisotopic (exact) mass is 213 g/mol. The Morgan fingerprint density at radius 1 is 1.60 bits per heavy atom. The zero-order valence-corrected chi connectivity index (χ0v) is 8.72. The number of hydrogen-bond acceptors (Lipinski definition) is 5. The summed E-state index contributed by atoms with van der Waals surface area (Å²) in [5.74, 6) is -0.295. The van der Waals surface area contributed by atoms with Gasteiger partial charge in [-0.25, -0.2) is 0 Å². The van der Waals surface area contributed by atoms with Crippen molar-refractivity contribution in [3.63, 3.8) is 0 Å². The highest BCUT2D eigenvalue weighted by Gasteiger charge is 2.58. The van der Waals surface area contributed by atoms with Gasteiger partial charge in [0.05, 0.1) is 6.04 Å². The first-order chi connectivity index (χ1) is 7.31. The quantitative estimate of drug-likeness (QED) is 0.617. The predicted molar refractivity (Wildman–Crippen MR) is 49.6 cm³/mol. The first-order valence-corrected chi connectivity index (χ1v) is 5.57. The number of carbonyl (C=O) groups is 1. The van der Waals surface area contributed by atoms with E-state index in [4.69, 9.17) is 14.3 Å². The van der Waals surface area contributed by atoms with Gasteiger partial charge in [-0.15, -0.1) is 0 Å². The van der Waals surface area contributed by atoms with Gasteiger partial charge in [0.1, 0.15) is 5.92 Å². The first kappa shape index (κ1) is 9.57. The Labute approximate surface area is 88.2 Å². The van der Waals surface area contributed by atoms with Crippen LogP contribution < -0.4 is 0 Å². The molecule has 5 nitrogen and oxygen atoms in total. The van der Waals surface area contributed by atoms with Gasteiger partial charge in [-0.2, -0.15) is 5.06 Å². The molecule has 0 bridgehead atoms. The number of hydrogen-bond donors (Lipinski definition) is 0. The fourth-order valence-corrected chi connectivity index (χ4v) is 2.76. The molecule has 4 atom stereocenters. The lowest BCUT2D eigenvalue weighted by Crippen LogP contribution is -2.29. The lowest BCUT2D eigenvalue weighted by atomic mass is 9.95. The van der Waals surface area contributed by atoms with Crippen LogP contribution in [0.3, 0.4) is 0 Å². The molecule has 0 aromatic rings. The second-order valence-corrected chi connectivity index (χ2v) is 4.21. The molecule has 0 amide bonds. The molecule has 0 radical (unpaired) electrons. The van der Waals surface area contributed by atoms with Crippen LogP contribution in [0.25, 0.3) is 0 Å². The molecule has 3 saturated heterocycles. The Morgan fingerprint density at radius 2 is 2.47 bits per heavy atom. The van der Waals surface area contributed by atoms with E-state index in [0.717, 1.165) is 19.4 Å². The highest BCUT2D eigenvalue weighted by molar-refractivity contribution is 5.76. The summed E-state index contributed by atoms with van der Waals surface area (Å²) >= 11 is 0. The number of esters is 1. The van der Waals surface area contributed by atoms with Gasteiger partial charge in [0.25, 0.3) is 0 Å². The molecule has 3 aliphatic heterocycles. The highest BCUT2D eigenvalue weighted by atomic mass is 16.8. The topological polar surface area (TPSA) is 48.0 Å². The van der Waals surface area contributed by atoms with Crippen molar-refractivity contribution in [1.82, 2.24) is 5.06 Å². The van der Waals surface area contributed by atoms with Gasteiger partial charge in [0.2, 0.25) is 6.29 Å². The largest absolute Gasteiger partial charge is 0.432 e. The van der Waals surface area contributed by atoms with Crippen molar-refractivity contribution >= 4 is 5.97 Å². The van der Waals surface area contributed by atoms with Crippen molar-refractivity contribution < 1.29 is 19.1 Å². The second-order valence-electron chi connectivity index (χ2n) is 4.21. The summed E-state index contributed by atoms with van der Waals surface area (Å²) < 4.78 is 10.5. The molecule has 84 valence electrons. The number of rotatable bonds is 2. The summed E-state index contributed by atoms with van der Waals surface area (Å²) in [5.41, 5.74) is 0. The average molecular weight is 213 g/mol. The van der Waals surface area contributed by atoms with Crippen LogP contribution in [0.1, 0.15) is 19.8 Å². The number of hydroxylamine groups is 2. The maximum Gasteiger partial charge on any atom is 0.316 e. The lowest BCUT2D eigenvalue weighted by Gasteiger charge is -2.18. The Morgan fingerprint density at radius 3 is 3.27 bits per heavy atom. The van der Waals surface area contributed by atoms with Crippen molar-refractivity contribution in [3.05, 3.63) is 0 Å². The van der Waals surface area contributed by atoms with E-state index >= 15 is 0 Å². The number of carbonyl (C=O) groups excluding carboxylic acids is 1. The third kappa shape index (κ3) is 1.30. The van der Waals surface area contributed by atoms with Crippen LogP contribution in [0, 0.1) is 5.92 Å². The van der Waals surface area contributed by atoms with Gasteiger partial charge in [0.15, 0.2) is 6.10 Å². The van der Waals surface area contributed by atoms with Crippen LogP contribution in [0.5, 0.6) is 0 Å². The van der Waals surface area contributed by atoms with E-state index in [0.29, 0.717) is 6.61 Å². The first-order valence-electron chi connectivity index (χ1n) is 5.57. The molecule has 0 aromatic carbocycles.